The Bertz CT molecular complexity index is 1040. The van der Waals surface area contributed by atoms with Crippen molar-refractivity contribution < 1.29 is 4.39 Å². The minimum Gasteiger partial charge on any atom is -0.365 e. The van der Waals surface area contributed by atoms with Crippen molar-refractivity contribution in [3.8, 4) is 0 Å². The zero-order valence-corrected chi connectivity index (χ0v) is 14.7. The molecule has 2 heterocycles. The van der Waals surface area contributed by atoms with Crippen LogP contribution >= 0.6 is 11.3 Å². The molecule has 2 aromatic heterocycles. The third kappa shape index (κ3) is 3.78. The summed E-state index contributed by atoms with van der Waals surface area (Å²) in [5, 5.41) is 5.36. The van der Waals surface area contributed by atoms with Crippen molar-refractivity contribution in [1.29, 1.82) is 0 Å². The molecule has 0 amide bonds. The standard InChI is InChI=1S/C21H16FN3S/c22-17-9-6-16(7-10-17)14-23-21-20-18(12-13-26-20)24-19(25-21)11-8-15-4-2-1-3-5-15/h1-13H,14H2,(H,23,24,25)/b11-8+. The molecule has 0 unspecified atom stereocenters. The quantitative estimate of drug-likeness (QED) is 0.502. The molecule has 5 heteroatoms. The number of aromatic nitrogens is 2. The molecule has 0 atom stereocenters. The lowest BCUT2D eigenvalue weighted by molar-refractivity contribution is 0.627. The van der Waals surface area contributed by atoms with Crippen LogP contribution in [0.15, 0.2) is 66.0 Å². The highest BCUT2D eigenvalue weighted by Gasteiger charge is 2.08. The molecule has 0 radical (unpaired) electrons. The fraction of sp³-hybridized carbons (Fsp3) is 0.0476. The Morgan fingerprint density at radius 3 is 2.54 bits per heavy atom. The molecular weight excluding hydrogens is 345 g/mol. The average molecular weight is 361 g/mol. The number of rotatable bonds is 5. The van der Waals surface area contributed by atoms with Gasteiger partial charge >= 0.3 is 0 Å². The molecule has 0 aliphatic rings. The fourth-order valence-electron chi connectivity index (χ4n) is 2.60. The molecular formula is C21H16FN3S. The smallest absolute Gasteiger partial charge is 0.155 e. The minimum atomic E-state index is -0.232. The van der Waals surface area contributed by atoms with E-state index in [1.165, 1.54) is 12.1 Å². The maximum Gasteiger partial charge on any atom is 0.155 e. The highest BCUT2D eigenvalue weighted by atomic mass is 32.1. The van der Waals surface area contributed by atoms with Crippen molar-refractivity contribution in [2.45, 2.75) is 6.54 Å². The number of halogens is 1. The number of fused-ring (bicyclic) bond motifs is 1. The molecule has 4 rings (SSSR count). The van der Waals surface area contributed by atoms with E-state index in [0.29, 0.717) is 12.4 Å². The van der Waals surface area contributed by atoms with E-state index in [1.54, 1.807) is 23.5 Å². The summed E-state index contributed by atoms with van der Waals surface area (Å²) >= 11 is 1.60. The molecule has 0 saturated carbocycles. The Morgan fingerprint density at radius 2 is 1.73 bits per heavy atom. The summed E-state index contributed by atoms with van der Waals surface area (Å²) in [4.78, 5) is 9.25. The van der Waals surface area contributed by atoms with Gasteiger partial charge in [-0.2, -0.15) is 0 Å². The van der Waals surface area contributed by atoms with Gasteiger partial charge in [-0.05, 0) is 40.8 Å². The summed E-state index contributed by atoms with van der Waals surface area (Å²) in [5.41, 5.74) is 3.01. The third-order valence-electron chi connectivity index (χ3n) is 3.92. The zero-order valence-electron chi connectivity index (χ0n) is 13.9. The van der Waals surface area contributed by atoms with E-state index in [2.05, 4.69) is 15.3 Å². The first-order valence-corrected chi connectivity index (χ1v) is 9.12. The summed E-state index contributed by atoms with van der Waals surface area (Å²) in [5.74, 6) is 1.22. The predicted molar refractivity (Wildman–Crippen MR) is 107 cm³/mol. The van der Waals surface area contributed by atoms with Crippen molar-refractivity contribution in [1.82, 2.24) is 9.97 Å². The van der Waals surface area contributed by atoms with E-state index in [4.69, 9.17) is 0 Å². The van der Waals surface area contributed by atoms with Gasteiger partial charge in [0.15, 0.2) is 5.82 Å². The number of anilines is 1. The lowest BCUT2D eigenvalue weighted by Crippen LogP contribution is -2.03. The van der Waals surface area contributed by atoms with Crippen LogP contribution < -0.4 is 5.32 Å². The van der Waals surface area contributed by atoms with Gasteiger partial charge in [0, 0.05) is 6.54 Å². The first-order valence-electron chi connectivity index (χ1n) is 8.25. The summed E-state index contributed by atoms with van der Waals surface area (Å²) in [7, 11) is 0. The first-order chi connectivity index (χ1) is 12.8. The summed E-state index contributed by atoms with van der Waals surface area (Å²) in [6, 6.07) is 18.5. The van der Waals surface area contributed by atoms with E-state index in [1.807, 2.05) is 53.9 Å². The van der Waals surface area contributed by atoms with Gasteiger partial charge in [0.05, 0.1) is 10.2 Å². The molecule has 0 aliphatic carbocycles. The Balaban J connectivity index is 1.60. The van der Waals surface area contributed by atoms with E-state index < -0.39 is 0 Å². The molecule has 0 aliphatic heterocycles. The van der Waals surface area contributed by atoms with Crippen LogP contribution in [0.1, 0.15) is 17.0 Å². The number of nitrogens with one attached hydrogen (secondary N) is 1. The number of thiophene rings is 1. The molecule has 0 bridgehead atoms. The van der Waals surface area contributed by atoms with Crippen LogP contribution in [0.4, 0.5) is 10.2 Å². The Hall–Kier alpha value is -3.05. The van der Waals surface area contributed by atoms with Gasteiger partial charge in [0.25, 0.3) is 0 Å². The second-order valence-corrected chi connectivity index (χ2v) is 6.71. The van der Waals surface area contributed by atoms with Gasteiger partial charge in [-0.25, -0.2) is 14.4 Å². The largest absolute Gasteiger partial charge is 0.365 e. The number of benzene rings is 2. The van der Waals surface area contributed by atoms with Gasteiger partial charge in [0.1, 0.15) is 11.6 Å². The number of hydrogen-bond acceptors (Lipinski definition) is 4. The molecule has 26 heavy (non-hydrogen) atoms. The van der Waals surface area contributed by atoms with Crippen molar-refractivity contribution in [3.63, 3.8) is 0 Å². The fourth-order valence-corrected chi connectivity index (χ4v) is 3.40. The molecule has 1 N–H and O–H groups in total. The normalized spacial score (nSPS) is 11.3. The molecule has 0 fully saturated rings. The Labute approximate surface area is 154 Å². The molecule has 0 spiro atoms. The molecule has 128 valence electrons. The van der Waals surface area contributed by atoms with Crippen molar-refractivity contribution in [2.75, 3.05) is 5.32 Å². The molecule has 4 aromatic rings. The predicted octanol–water partition coefficient (Wildman–Crippen LogP) is 5.61. The van der Waals surface area contributed by atoms with Gasteiger partial charge in [0.2, 0.25) is 0 Å². The van der Waals surface area contributed by atoms with Crippen LogP contribution in [0.3, 0.4) is 0 Å². The second-order valence-electron chi connectivity index (χ2n) is 5.79. The van der Waals surface area contributed by atoms with Crippen LogP contribution in [0, 0.1) is 5.82 Å². The molecule has 2 aromatic carbocycles. The van der Waals surface area contributed by atoms with Crippen LogP contribution in [0.2, 0.25) is 0 Å². The van der Waals surface area contributed by atoms with Gasteiger partial charge in [-0.15, -0.1) is 11.3 Å². The van der Waals surface area contributed by atoms with Crippen LogP contribution in [0.25, 0.3) is 22.4 Å². The maximum absolute atomic E-state index is 13.0. The maximum atomic E-state index is 13.0. The highest BCUT2D eigenvalue weighted by molar-refractivity contribution is 7.17. The first kappa shape index (κ1) is 16.4. The van der Waals surface area contributed by atoms with Crippen LogP contribution in [0.5, 0.6) is 0 Å². The highest BCUT2D eigenvalue weighted by Crippen LogP contribution is 2.27. The van der Waals surface area contributed by atoms with Gasteiger partial charge < -0.3 is 5.32 Å². The minimum absolute atomic E-state index is 0.232. The number of nitrogens with zero attached hydrogens (tertiary/aromatic N) is 2. The summed E-state index contributed by atoms with van der Waals surface area (Å²) in [6.45, 7) is 0.576. The Kier molecular flexibility index (Phi) is 4.71. The van der Waals surface area contributed by atoms with Crippen LogP contribution in [-0.4, -0.2) is 9.97 Å². The van der Waals surface area contributed by atoms with E-state index >= 15 is 0 Å². The van der Waals surface area contributed by atoms with Crippen molar-refractivity contribution in [3.05, 3.63) is 88.8 Å². The van der Waals surface area contributed by atoms with E-state index in [0.717, 1.165) is 27.2 Å². The molecule has 3 nitrogen and oxygen atoms in total. The number of hydrogen-bond donors (Lipinski definition) is 1. The van der Waals surface area contributed by atoms with E-state index in [-0.39, 0.29) is 5.82 Å². The lowest BCUT2D eigenvalue weighted by atomic mass is 10.2. The summed E-state index contributed by atoms with van der Waals surface area (Å²) in [6.07, 6.45) is 3.91. The lowest BCUT2D eigenvalue weighted by Gasteiger charge is -2.08. The zero-order chi connectivity index (χ0) is 17.8. The molecule has 0 saturated heterocycles. The topological polar surface area (TPSA) is 37.8 Å². The second kappa shape index (κ2) is 7.45. The SMILES string of the molecule is Fc1ccc(CNc2nc(/C=C/c3ccccc3)nc3ccsc23)cc1. The Morgan fingerprint density at radius 1 is 0.923 bits per heavy atom. The van der Waals surface area contributed by atoms with Gasteiger partial charge in [-0.3, -0.25) is 0 Å². The monoisotopic (exact) mass is 361 g/mol. The van der Waals surface area contributed by atoms with Crippen LogP contribution in [-0.2, 0) is 6.54 Å². The van der Waals surface area contributed by atoms with Gasteiger partial charge in [-0.1, -0.05) is 48.5 Å². The van der Waals surface area contributed by atoms with E-state index in [9.17, 15) is 4.39 Å². The summed E-state index contributed by atoms with van der Waals surface area (Å²) < 4.78 is 14.1. The third-order valence-corrected chi connectivity index (χ3v) is 4.83. The van der Waals surface area contributed by atoms with Crippen molar-refractivity contribution in [2.24, 2.45) is 0 Å². The average Bonchev–Trinajstić information content (AvgIpc) is 3.15. The van der Waals surface area contributed by atoms with Crippen molar-refractivity contribution >= 4 is 39.5 Å².